The summed E-state index contributed by atoms with van der Waals surface area (Å²) in [6.45, 7) is 0. The second-order valence-electron chi connectivity index (χ2n) is 13.6. The van der Waals surface area contributed by atoms with Crippen LogP contribution in [-0.4, -0.2) is 4.57 Å². The molecule has 3 nitrogen and oxygen atoms in total. The first-order valence-corrected chi connectivity index (χ1v) is 17.8. The molecule has 1 aromatic heterocycles. The quantitative estimate of drug-likeness (QED) is 0.187. The molecule has 11 rings (SSSR count). The molecule has 2 aliphatic heterocycles. The number of aromatic nitrogens is 1. The first-order valence-electron chi connectivity index (χ1n) is 17.8. The van der Waals surface area contributed by atoms with Crippen LogP contribution in [0.3, 0.4) is 0 Å². The van der Waals surface area contributed by atoms with E-state index in [4.69, 9.17) is 9.47 Å². The lowest BCUT2D eigenvalue weighted by Crippen LogP contribution is -2.37. The van der Waals surface area contributed by atoms with Crippen molar-refractivity contribution in [3.63, 3.8) is 0 Å². The van der Waals surface area contributed by atoms with Crippen LogP contribution in [0.5, 0.6) is 23.0 Å². The maximum atomic E-state index is 7.22. The Hall–Kier alpha value is -6.84. The van der Waals surface area contributed by atoms with Crippen LogP contribution in [0.1, 0.15) is 22.3 Å². The van der Waals surface area contributed by atoms with Crippen LogP contribution in [0.4, 0.5) is 0 Å². The largest absolute Gasteiger partial charge is 0.457 e. The van der Waals surface area contributed by atoms with Crippen molar-refractivity contribution in [3.8, 4) is 50.9 Å². The van der Waals surface area contributed by atoms with Crippen LogP contribution in [0, 0.1) is 0 Å². The molecule has 0 radical (unpaired) electrons. The smallest absolute Gasteiger partial charge is 0.140 e. The van der Waals surface area contributed by atoms with Gasteiger partial charge in [0.05, 0.1) is 16.4 Å². The molecule has 0 bridgehead atoms. The molecule has 0 unspecified atom stereocenters. The van der Waals surface area contributed by atoms with Crippen LogP contribution in [0.15, 0.2) is 188 Å². The lowest BCUT2D eigenvalue weighted by molar-refractivity contribution is 0.400. The highest BCUT2D eigenvalue weighted by molar-refractivity contribution is 6.10. The highest BCUT2D eigenvalue weighted by atomic mass is 16.5. The molecule has 244 valence electrons. The molecule has 0 aliphatic carbocycles. The minimum Gasteiger partial charge on any atom is -0.457 e. The van der Waals surface area contributed by atoms with E-state index in [2.05, 4.69) is 193 Å². The van der Waals surface area contributed by atoms with Gasteiger partial charge in [0.25, 0.3) is 0 Å². The van der Waals surface area contributed by atoms with Gasteiger partial charge in [0.1, 0.15) is 23.0 Å². The van der Waals surface area contributed by atoms with E-state index in [9.17, 15) is 0 Å². The summed E-state index contributed by atoms with van der Waals surface area (Å²) in [4.78, 5) is 0. The Balaban J connectivity index is 1.22. The van der Waals surface area contributed by atoms with E-state index >= 15 is 0 Å². The first kappa shape index (κ1) is 28.9. The van der Waals surface area contributed by atoms with Crippen molar-refractivity contribution in [1.82, 2.24) is 4.57 Å². The zero-order chi connectivity index (χ0) is 34.2. The van der Waals surface area contributed by atoms with E-state index in [0.29, 0.717) is 0 Å². The summed E-state index contributed by atoms with van der Waals surface area (Å²) in [5.74, 6) is 3.40. The Labute approximate surface area is 301 Å². The molecular formula is C49H31NO2. The minimum absolute atomic E-state index is 0.678. The predicted octanol–water partition coefficient (Wildman–Crippen LogP) is 12.7. The van der Waals surface area contributed by atoms with Crippen molar-refractivity contribution >= 4 is 21.8 Å². The Kier molecular flexibility index (Phi) is 6.17. The molecule has 0 fully saturated rings. The zero-order valence-electron chi connectivity index (χ0n) is 28.2. The molecule has 0 atom stereocenters. The van der Waals surface area contributed by atoms with Gasteiger partial charge in [-0.3, -0.25) is 0 Å². The monoisotopic (exact) mass is 665 g/mol. The molecule has 1 spiro atoms. The lowest BCUT2D eigenvalue weighted by Gasteiger charge is -2.45. The van der Waals surface area contributed by atoms with Crippen LogP contribution in [0.25, 0.3) is 49.7 Å². The summed E-state index contributed by atoms with van der Waals surface area (Å²) in [6, 6.07) is 66.9. The highest BCUT2D eigenvalue weighted by Gasteiger charge is 2.51. The summed E-state index contributed by atoms with van der Waals surface area (Å²) in [6.07, 6.45) is 0. The Morgan fingerprint density at radius 2 is 0.981 bits per heavy atom. The number of rotatable bonds is 3. The fourth-order valence-corrected chi connectivity index (χ4v) is 8.72. The summed E-state index contributed by atoms with van der Waals surface area (Å²) in [7, 11) is 0. The van der Waals surface area contributed by atoms with Crippen LogP contribution >= 0.6 is 0 Å². The van der Waals surface area contributed by atoms with Crippen molar-refractivity contribution in [2.45, 2.75) is 5.41 Å². The number of fused-ring (bicyclic) bond motifs is 11. The molecule has 3 heteroatoms. The van der Waals surface area contributed by atoms with Crippen molar-refractivity contribution < 1.29 is 9.47 Å². The molecule has 9 aromatic rings. The number of benzene rings is 8. The molecule has 8 aromatic carbocycles. The topological polar surface area (TPSA) is 23.4 Å². The van der Waals surface area contributed by atoms with Gasteiger partial charge in [0.15, 0.2) is 0 Å². The number of nitrogens with zero attached hydrogens (tertiary/aromatic N) is 1. The summed E-state index contributed by atoms with van der Waals surface area (Å²) < 4.78 is 16.2. The van der Waals surface area contributed by atoms with E-state index in [-0.39, 0.29) is 0 Å². The van der Waals surface area contributed by atoms with Crippen molar-refractivity contribution in [1.29, 1.82) is 0 Å². The Morgan fingerprint density at radius 1 is 0.365 bits per heavy atom. The van der Waals surface area contributed by atoms with E-state index in [0.717, 1.165) is 78.7 Å². The number of hydrogen-bond acceptors (Lipinski definition) is 2. The minimum atomic E-state index is -0.678. The van der Waals surface area contributed by atoms with Crippen molar-refractivity contribution in [2.75, 3.05) is 0 Å². The molecule has 0 N–H and O–H groups in total. The van der Waals surface area contributed by atoms with Gasteiger partial charge in [-0.2, -0.15) is 0 Å². The standard InChI is InChI=1S/C49H31NO2/c1-3-14-32(15-4-1)33-27-29-41-47(31-33)52-48-36(19-13-22-42(48)49(41)39-20-8-11-24-45(39)51-46-25-12-9-21-40(46)49)34-26-28-38-37-18-7-10-23-43(37)50(44(38)30-34)35-16-5-2-6-17-35/h1-31H. The van der Waals surface area contributed by atoms with E-state index in [1.165, 1.54) is 16.3 Å². The average Bonchev–Trinajstić information content (AvgIpc) is 3.54. The Morgan fingerprint density at radius 3 is 1.77 bits per heavy atom. The molecule has 0 saturated carbocycles. The summed E-state index contributed by atoms with van der Waals surface area (Å²) in [5, 5.41) is 2.45. The van der Waals surface area contributed by atoms with Crippen LogP contribution < -0.4 is 9.47 Å². The van der Waals surface area contributed by atoms with Gasteiger partial charge in [-0.05, 0) is 59.2 Å². The number of hydrogen-bond donors (Lipinski definition) is 0. The van der Waals surface area contributed by atoms with Gasteiger partial charge < -0.3 is 14.0 Å². The van der Waals surface area contributed by atoms with Crippen LogP contribution in [-0.2, 0) is 5.41 Å². The van der Waals surface area contributed by atoms with Gasteiger partial charge >= 0.3 is 0 Å². The van der Waals surface area contributed by atoms with Gasteiger partial charge in [-0.15, -0.1) is 0 Å². The van der Waals surface area contributed by atoms with Crippen LogP contribution in [0.2, 0.25) is 0 Å². The lowest BCUT2D eigenvalue weighted by atomic mass is 9.62. The van der Waals surface area contributed by atoms with Gasteiger partial charge in [-0.25, -0.2) is 0 Å². The molecule has 0 saturated heterocycles. The molecule has 2 aliphatic rings. The SMILES string of the molecule is c1ccc(-c2ccc3c(c2)Oc2c(-c4ccc5c6ccccc6n(-c6ccccc6)c5c4)cccc2C32c3ccccc3Oc3ccccc32)cc1. The second-order valence-corrected chi connectivity index (χ2v) is 13.6. The molecule has 0 amide bonds. The third kappa shape index (κ3) is 4.02. The number of para-hydroxylation sites is 5. The normalized spacial score (nSPS) is 13.5. The maximum absolute atomic E-state index is 7.22. The highest BCUT2D eigenvalue weighted by Crippen LogP contribution is 2.63. The van der Waals surface area contributed by atoms with Crippen molar-refractivity contribution in [2.24, 2.45) is 0 Å². The zero-order valence-corrected chi connectivity index (χ0v) is 28.2. The molecule has 3 heterocycles. The summed E-state index contributed by atoms with van der Waals surface area (Å²) in [5.41, 5.74) is 11.6. The second kappa shape index (κ2) is 11.1. The van der Waals surface area contributed by atoms with Gasteiger partial charge in [0.2, 0.25) is 0 Å². The fraction of sp³-hybridized carbons (Fsp3) is 0.0204. The summed E-state index contributed by atoms with van der Waals surface area (Å²) >= 11 is 0. The van der Waals surface area contributed by atoms with E-state index in [1.807, 2.05) is 0 Å². The predicted molar refractivity (Wildman–Crippen MR) is 210 cm³/mol. The maximum Gasteiger partial charge on any atom is 0.140 e. The van der Waals surface area contributed by atoms with E-state index in [1.54, 1.807) is 0 Å². The third-order valence-corrected chi connectivity index (χ3v) is 10.9. The first-order chi connectivity index (χ1) is 25.8. The Bertz CT molecular complexity index is 2810. The van der Waals surface area contributed by atoms with Gasteiger partial charge in [-0.1, -0.05) is 146 Å². The van der Waals surface area contributed by atoms with Crippen molar-refractivity contribution in [3.05, 3.63) is 210 Å². The average molecular weight is 666 g/mol. The van der Waals surface area contributed by atoms with Gasteiger partial charge in [0, 0.05) is 44.3 Å². The number of ether oxygens (including phenoxy) is 2. The van der Waals surface area contributed by atoms with E-state index < -0.39 is 5.41 Å². The molecular weight excluding hydrogens is 635 g/mol. The molecule has 52 heavy (non-hydrogen) atoms. The fourth-order valence-electron chi connectivity index (χ4n) is 8.72. The third-order valence-electron chi connectivity index (χ3n) is 10.9.